The van der Waals surface area contributed by atoms with Crippen molar-refractivity contribution in [1.29, 1.82) is 0 Å². The number of aliphatic hydroxyl groups is 1. The van der Waals surface area contributed by atoms with Gasteiger partial charge in [0.15, 0.2) is 0 Å². The van der Waals surface area contributed by atoms with Gasteiger partial charge in [-0.2, -0.15) is 0 Å². The second-order valence-corrected chi connectivity index (χ2v) is 5.08. The molecule has 0 aliphatic carbocycles. The van der Waals surface area contributed by atoms with Crippen molar-refractivity contribution in [2.24, 2.45) is 5.73 Å². The summed E-state index contributed by atoms with van der Waals surface area (Å²) < 4.78 is 5.10. The van der Waals surface area contributed by atoms with E-state index in [0.29, 0.717) is 0 Å². The van der Waals surface area contributed by atoms with Crippen molar-refractivity contribution >= 4 is 0 Å². The molecule has 0 heterocycles. The molecule has 1 aromatic rings. The van der Waals surface area contributed by atoms with E-state index in [0.717, 1.165) is 24.2 Å². The Balaban J connectivity index is 2.36. The zero-order valence-corrected chi connectivity index (χ0v) is 12.1. The average molecular weight is 265 g/mol. The minimum absolute atomic E-state index is 0.185. The van der Waals surface area contributed by atoms with E-state index in [1.54, 1.807) is 7.11 Å². The Morgan fingerprint density at radius 2 is 1.74 bits per heavy atom. The third-order valence-electron chi connectivity index (χ3n) is 3.50. The van der Waals surface area contributed by atoms with Crippen molar-refractivity contribution in [3.8, 4) is 5.75 Å². The van der Waals surface area contributed by atoms with E-state index in [1.807, 2.05) is 24.3 Å². The van der Waals surface area contributed by atoms with Gasteiger partial charge in [-0.05, 0) is 24.1 Å². The molecule has 0 amide bonds. The van der Waals surface area contributed by atoms with Gasteiger partial charge in [0.05, 0.1) is 13.2 Å². The van der Waals surface area contributed by atoms with Gasteiger partial charge in [-0.15, -0.1) is 0 Å². The van der Waals surface area contributed by atoms with Gasteiger partial charge in [-0.3, -0.25) is 0 Å². The minimum Gasteiger partial charge on any atom is -0.497 e. The molecule has 0 aromatic heterocycles. The molecular weight excluding hydrogens is 238 g/mol. The fourth-order valence-electron chi connectivity index (χ4n) is 2.19. The van der Waals surface area contributed by atoms with Crippen LogP contribution in [0.15, 0.2) is 24.3 Å². The first-order chi connectivity index (χ1) is 9.19. The Kier molecular flexibility index (Phi) is 7.53. The molecular formula is C16H27NO2. The van der Waals surface area contributed by atoms with Gasteiger partial charge in [-0.25, -0.2) is 0 Å². The summed E-state index contributed by atoms with van der Waals surface area (Å²) >= 11 is 0. The lowest BCUT2D eigenvalue weighted by Crippen LogP contribution is -2.28. The minimum atomic E-state index is -0.586. The van der Waals surface area contributed by atoms with Crippen molar-refractivity contribution in [2.45, 2.75) is 57.6 Å². The third kappa shape index (κ3) is 5.62. The highest BCUT2D eigenvalue weighted by Crippen LogP contribution is 2.22. The van der Waals surface area contributed by atoms with Gasteiger partial charge in [0.1, 0.15) is 5.75 Å². The SMILES string of the molecule is CCCCCCC[C@@H](N)[C@H](O)c1ccc(OC)cc1. The standard InChI is InChI=1S/C16H27NO2/c1-3-4-5-6-7-8-15(17)16(18)13-9-11-14(19-2)12-10-13/h9-12,15-16,18H,3-8,17H2,1-2H3/t15-,16-/m1/s1. The fourth-order valence-corrected chi connectivity index (χ4v) is 2.19. The van der Waals surface area contributed by atoms with E-state index in [2.05, 4.69) is 6.92 Å². The van der Waals surface area contributed by atoms with E-state index in [4.69, 9.17) is 10.5 Å². The van der Waals surface area contributed by atoms with Gasteiger partial charge in [-0.1, -0.05) is 51.2 Å². The second-order valence-electron chi connectivity index (χ2n) is 5.08. The van der Waals surface area contributed by atoms with Crippen molar-refractivity contribution in [1.82, 2.24) is 0 Å². The first-order valence-corrected chi connectivity index (χ1v) is 7.26. The lowest BCUT2D eigenvalue weighted by molar-refractivity contribution is 0.140. The monoisotopic (exact) mass is 265 g/mol. The molecule has 3 N–H and O–H groups in total. The van der Waals surface area contributed by atoms with Crippen LogP contribution in [0.4, 0.5) is 0 Å². The molecule has 1 aromatic carbocycles. The molecule has 0 aliphatic heterocycles. The van der Waals surface area contributed by atoms with E-state index in [1.165, 1.54) is 25.7 Å². The third-order valence-corrected chi connectivity index (χ3v) is 3.50. The largest absolute Gasteiger partial charge is 0.497 e. The van der Waals surface area contributed by atoms with Crippen LogP contribution in [0.5, 0.6) is 5.75 Å². The van der Waals surface area contributed by atoms with Gasteiger partial charge >= 0.3 is 0 Å². The van der Waals surface area contributed by atoms with Crippen LogP contribution in [0, 0.1) is 0 Å². The summed E-state index contributed by atoms with van der Waals surface area (Å²) in [6.07, 6.45) is 6.39. The maximum Gasteiger partial charge on any atom is 0.118 e. The van der Waals surface area contributed by atoms with Crippen LogP contribution >= 0.6 is 0 Å². The molecule has 0 saturated carbocycles. The summed E-state index contributed by atoms with van der Waals surface area (Å²) in [5, 5.41) is 10.2. The molecule has 19 heavy (non-hydrogen) atoms. The topological polar surface area (TPSA) is 55.5 Å². The Bertz CT molecular complexity index is 337. The second kappa shape index (κ2) is 8.94. The molecule has 0 saturated heterocycles. The van der Waals surface area contributed by atoms with Gasteiger partial charge in [0.25, 0.3) is 0 Å². The summed E-state index contributed by atoms with van der Waals surface area (Å²) in [4.78, 5) is 0. The Morgan fingerprint density at radius 3 is 2.32 bits per heavy atom. The highest BCUT2D eigenvalue weighted by molar-refractivity contribution is 5.28. The quantitative estimate of drug-likeness (QED) is 0.673. The van der Waals surface area contributed by atoms with Crippen LogP contribution in [0.3, 0.4) is 0 Å². The first kappa shape index (κ1) is 16.0. The smallest absolute Gasteiger partial charge is 0.118 e. The number of unbranched alkanes of at least 4 members (excludes halogenated alkanes) is 4. The van der Waals surface area contributed by atoms with Crippen LogP contribution in [-0.2, 0) is 0 Å². The normalized spacial score (nSPS) is 14.1. The summed E-state index contributed by atoms with van der Waals surface area (Å²) in [5.41, 5.74) is 6.92. The molecule has 0 unspecified atom stereocenters. The maximum absolute atomic E-state index is 10.2. The van der Waals surface area contributed by atoms with Crippen molar-refractivity contribution < 1.29 is 9.84 Å². The molecule has 0 fully saturated rings. The number of hydrogen-bond donors (Lipinski definition) is 2. The van der Waals surface area contributed by atoms with E-state index < -0.39 is 6.10 Å². The molecule has 0 bridgehead atoms. The molecule has 3 heteroatoms. The number of benzene rings is 1. The molecule has 0 radical (unpaired) electrons. The lowest BCUT2D eigenvalue weighted by atomic mass is 9.97. The number of rotatable bonds is 9. The molecule has 3 nitrogen and oxygen atoms in total. The summed E-state index contributed by atoms with van der Waals surface area (Å²) in [6.45, 7) is 2.21. The highest BCUT2D eigenvalue weighted by Gasteiger charge is 2.16. The van der Waals surface area contributed by atoms with E-state index >= 15 is 0 Å². The van der Waals surface area contributed by atoms with E-state index in [9.17, 15) is 5.11 Å². The summed E-state index contributed by atoms with van der Waals surface area (Å²) in [5.74, 6) is 0.795. The number of ether oxygens (including phenoxy) is 1. The first-order valence-electron chi connectivity index (χ1n) is 7.26. The summed E-state index contributed by atoms with van der Waals surface area (Å²) in [7, 11) is 1.63. The van der Waals surface area contributed by atoms with Crippen molar-refractivity contribution in [3.63, 3.8) is 0 Å². The lowest BCUT2D eigenvalue weighted by Gasteiger charge is -2.19. The van der Waals surface area contributed by atoms with Gasteiger partial charge < -0.3 is 15.6 Å². The predicted molar refractivity (Wildman–Crippen MR) is 79.3 cm³/mol. The van der Waals surface area contributed by atoms with Gasteiger partial charge in [0, 0.05) is 6.04 Å². The summed E-state index contributed by atoms with van der Waals surface area (Å²) in [6, 6.07) is 7.27. The Labute approximate surface area is 116 Å². The van der Waals surface area contributed by atoms with Crippen LogP contribution in [0.1, 0.15) is 57.1 Å². The zero-order chi connectivity index (χ0) is 14.1. The molecule has 0 aliphatic rings. The maximum atomic E-state index is 10.2. The molecule has 108 valence electrons. The number of methoxy groups -OCH3 is 1. The van der Waals surface area contributed by atoms with Gasteiger partial charge in [0.2, 0.25) is 0 Å². The number of hydrogen-bond acceptors (Lipinski definition) is 3. The number of nitrogens with two attached hydrogens (primary N) is 1. The van der Waals surface area contributed by atoms with E-state index in [-0.39, 0.29) is 6.04 Å². The molecule has 2 atom stereocenters. The average Bonchev–Trinajstić information content (AvgIpc) is 2.46. The molecule has 0 spiro atoms. The Hall–Kier alpha value is -1.06. The predicted octanol–water partition coefficient (Wildman–Crippen LogP) is 3.42. The van der Waals surface area contributed by atoms with Crippen LogP contribution in [0.25, 0.3) is 0 Å². The Morgan fingerprint density at radius 1 is 1.11 bits per heavy atom. The fraction of sp³-hybridized carbons (Fsp3) is 0.625. The van der Waals surface area contributed by atoms with Crippen molar-refractivity contribution in [2.75, 3.05) is 7.11 Å². The zero-order valence-electron chi connectivity index (χ0n) is 12.1. The highest BCUT2D eigenvalue weighted by atomic mass is 16.5. The van der Waals surface area contributed by atoms with Crippen LogP contribution in [-0.4, -0.2) is 18.3 Å². The van der Waals surface area contributed by atoms with Crippen LogP contribution < -0.4 is 10.5 Å². The number of aliphatic hydroxyl groups excluding tert-OH is 1. The van der Waals surface area contributed by atoms with Crippen LogP contribution in [0.2, 0.25) is 0 Å². The molecule has 1 rings (SSSR count). The van der Waals surface area contributed by atoms with Crippen molar-refractivity contribution in [3.05, 3.63) is 29.8 Å².